The topological polar surface area (TPSA) is 21.3 Å². The monoisotopic (exact) mass is 411 g/mol. The first-order valence-electron chi connectivity index (χ1n) is 6.85. The van der Waals surface area contributed by atoms with Gasteiger partial charge in [-0.1, -0.05) is 18.2 Å². The molecule has 0 heterocycles. The van der Waals surface area contributed by atoms with Crippen LogP contribution in [0.2, 0.25) is 0 Å². The zero-order chi connectivity index (χ0) is 15.4. The van der Waals surface area contributed by atoms with Gasteiger partial charge >= 0.3 is 0 Å². The maximum atomic E-state index is 5.41. The van der Waals surface area contributed by atoms with Crippen LogP contribution in [0.5, 0.6) is 5.75 Å². The fourth-order valence-corrected chi connectivity index (χ4v) is 3.98. The third kappa shape index (κ3) is 4.24. The van der Waals surface area contributed by atoms with Gasteiger partial charge < -0.3 is 10.1 Å². The van der Waals surface area contributed by atoms with Gasteiger partial charge in [0, 0.05) is 15.0 Å². The van der Waals surface area contributed by atoms with Gasteiger partial charge in [-0.3, -0.25) is 0 Å². The van der Waals surface area contributed by atoms with E-state index in [9.17, 15) is 0 Å². The van der Waals surface area contributed by atoms with Gasteiger partial charge in [0.2, 0.25) is 0 Å². The number of hydrogen-bond donors (Lipinski definition) is 1. The van der Waals surface area contributed by atoms with Gasteiger partial charge in [0.25, 0.3) is 0 Å². The zero-order valence-electron chi connectivity index (χ0n) is 12.4. The quantitative estimate of drug-likeness (QED) is 0.692. The van der Waals surface area contributed by atoms with E-state index in [4.69, 9.17) is 4.74 Å². The van der Waals surface area contributed by atoms with E-state index >= 15 is 0 Å². The molecule has 1 atom stereocenters. The molecule has 21 heavy (non-hydrogen) atoms. The van der Waals surface area contributed by atoms with Crippen LogP contribution < -0.4 is 10.1 Å². The molecule has 0 amide bonds. The molecule has 2 rings (SSSR count). The molecule has 1 unspecified atom stereocenters. The second kappa shape index (κ2) is 7.32. The van der Waals surface area contributed by atoms with Gasteiger partial charge in [0.15, 0.2) is 0 Å². The van der Waals surface area contributed by atoms with Crippen molar-refractivity contribution < 1.29 is 4.74 Å². The smallest absolute Gasteiger partial charge is 0.122 e. The number of halogens is 2. The van der Waals surface area contributed by atoms with E-state index in [0.29, 0.717) is 0 Å². The SMILES string of the molecule is COc1ccccc1CC(C)Nc1c(Br)cc(C)cc1Br. The average Bonchev–Trinajstić information content (AvgIpc) is 2.43. The third-order valence-corrected chi connectivity index (χ3v) is 4.55. The Morgan fingerprint density at radius 2 is 1.76 bits per heavy atom. The molecule has 0 spiro atoms. The maximum Gasteiger partial charge on any atom is 0.122 e. The summed E-state index contributed by atoms with van der Waals surface area (Å²) in [5.41, 5.74) is 3.51. The largest absolute Gasteiger partial charge is 0.496 e. The summed E-state index contributed by atoms with van der Waals surface area (Å²) < 4.78 is 7.55. The van der Waals surface area contributed by atoms with Crippen molar-refractivity contribution in [1.82, 2.24) is 0 Å². The molecule has 2 aromatic rings. The highest BCUT2D eigenvalue weighted by atomic mass is 79.9. The molecular weight excluding hydrogens is 394 g/mol. The lowest BCUT2D eigenvalue weighted by Gasteiger charge is -2.19. The van der Waals surface area contributed by atoms with E-state index in [1.807, 2.05) is 18.2 Å². The van der Waals surface area contributed by atoms with Crippen LogP contribution in [0.25, 0.3) is 0 Å². The van der Waals surface area contributed by atoms with Crippen molar-refractivity contribution in [3.8, 4) is 5.75 Å². The van der Waals surface area contributed by atoms with Crippen LogP contribution in [0.4, 0.5) is 5.69 Å². The summed E-state index contributed by atoms with van der Waals surface area (Å²) in [5.74, 6) is 0.938. The van der Waals surface area contributed by atoms with Crippen molar-refractivity contribution in [1.29, 1.82) is 0 Å². The Hall–Kier alpha value is -1.000. The van der Waals surface area contributed by atoms with Crippen molar-refractivity contribution in [3.05, 3.63) is 56.5 Å². The molecule has 0 radical (unpaired) electrons. The molecular formula is C17H19Br2NO. The highest BCUT2D eigenvalue weighted by Crippen LogP contribution is 2.33. The molecule has 0 bridgehead atoms. The van der Waals surface area contributed by atoms with E-state index in [1.54, 1.807) is 7.11 Å². The Kier molecular flexibility index (Phi) is 5.71. The highest BCUT2D eigenvalue weighted by molar-refractivity contribution is 9.11. The Morgan fingerprint density at radius 1 is 1.14 bits per heavy atom. The van der Waals surface area contributed by atoms with Crippen molar-refractivity contribution in [3.63, 3.8) is 0 Å². The molecule has 1 N–H and O–H groups in total. The summed E-state index contributed by atoms with van der Waals surface area (Å²) in [7, 11) is 1.71. The summed E-state index contributed by atoms with van der Waals surface area (Å²) >= 11 is 7.25. The van der Waals surface area contributed by atoms with Crippen molar-refractivity contribution in [2.75, 3.05) is 12.4 Å². The predicted octanol–water partition coefficient (Wildman–Crippen LogP) is 5.57. The predicted molar refractivity (Wildman–Crippen MR) is 96.4 cm³/mol. The Morgan fingerprint density at radius 3 is 2.38 bits per heavy atom. The second-order valence-corrected chi connectivity index (χ2v) is 6.87. The summed E-state index contributed by atoms with van der Waals surface area (Å²) in [5, 5.41) is 3.56. The number of ether oxygens (including phenoxy) is 1. The molecule has 0 aliphatic heterocycles. The first-order chi connectivity index (χ1) is 10.0. The van der Waals surface area contributed by atoms with Crippen LogP contribution in [0, 0.1) is 6.92 Å². The van der Waals surface area contributed by atoms with Gasteiger partial charge in [-0.25, -0.2) is 0 Å². The van der Waals surface area contributed by atoms with E-state index in [2.05, 4.69) is 69.2 Å². The Labute approximate surface area is 143 Å². The normalized spacial score (nSPS) is 12.0. The molecule has 0 saturated heterocycles. The van der Waals surface area contributed by atoms with Gasteiger partial charge in [-0.05, 0) is 81.5 Å². The molecule has 4 heteroatoms. The minimum absolute atomic E-state index is 0.289. The highest BCUT2D eigenvalue weighted by Gasteiger charge is 2.12. The van der Waals surface area contributed by atoms with Gasteiger partial charge in [-0.15, -0.1) is 0 Å². The van der Waals surface area contributed by atoms with Crippen molar-refractivity contribution in [2.24, 2.45) is 0 Å². The number of anilines is 1. The summed E-state index contributed by atoms with van der Waals surface area (Å²) in [6, 6.07) is 12.7. The van der Waals surface area contributed by atoms with Gasteiger partial charge in [-0.2, -0.15) is 0 Å². The zero-order valence-corrected chi connectivity index (χ0v) is 15.6. The van der Waals surface area contributed by atoms with Crippen molar-refractivity contribution in [2.45, 2.75) is 26.3 Å². The first-order valence-corrected chi connectivity index (χ1v) is 8.44. The van der Waals surface area contributed by atoms with Crippen LogP contribution in [0.3, 0.4) is 0 Å². The fourth-order valence-electron chi connectivity index (χ4n) is 2.34. The lowest BCUT2D eigenvalue weighted by atomic mass is 10.1. The van der Waals surface area contributed by atoms with Crippen LogP contribution in [-0.4, -0.2) is 13.2 Å². The number of rotatable bonds is 5. The maximum absolute atomic E-state index is 5.41. The summed E-state index contributed by atoms with van der Waals surface area (Å²) in [6.07, 6.45) is 0.900. The van der Waals surface area contributed by atoms with E-state index in [1.165, 1.54) is 11.1 Å². The lowest BCUT2D eigenvalue weighted by Crippen LogP contribution is -2.19. The molecule has 0 aromatic heterocycles. The van der Waals surface area contributed by atoms with Crippen LogP contribution in [-0.2, 0) is 6.42 Å². The van der Waals surface area contributed by atoms with E-state index in [-0.39, 0.29) is 6.04 Å². The Bertz CT molecular complexity index is 605. The number of aryl methyl sites for hydroxylation is 1. The van der Waals surface area contributed by atoms with E-state index < -0.39 is 0 Å². The number of nitrogens with one attached hydrogen (secondary N) is 1. The third-order valence-electron chi connectivity index (χ3n) is 3.30. The van der Waals surface area contributed by atoms with E-state index in [0.717, 1.165) is 26.8 Å². The first kappa shape index (κ1) is 16.4. The Balaban J connectivity index is 2.14. The second-order valence-electron chi connectivity index (χ2n) is 5.16. The van der Waals surface area contributed by atoms with Gasteiger partial charge in [0.05, 0.1) is 12.8 Å². The number of methoxy groups -OCH3 is 1. The standard InChI is InChI=1S/C17H19Br2NO/c1-11-8-14(18)17(15(19)9-11)20-12(2)10-13-6-4-5-7-16(13)21-3/h4-9,12,20H,10H2,1-3H3. The summed E-state index contributed by atoms with van der Waals surface area (Å²) in [4.78, 5) is 0. The van der Waals surface area contributed by atoms with Crippen molar-refractivity contribution >= 4 is 37.5 Å². The molecule has 0 fully saturated rings. The molecule has 2 nitrogen and oxygen atoms in total. The van der Waals surface area contributed by atoms with Gasteiger partial charge in [0.1, 0.15) is 5.75 Å². The van der Waals surface area contributed by atoms with Crippen LogP contribution >= 0.6 is 31.9 Å². The minimum Gasteiger partial charge on any atom is -0.496 e. The minimum atomic E-state index is 0.289. The number of benzene rings is 2. The molecule has 112 valence electrons. The fraction of sp³-hybridized carbons (Fsp3) is 0.294. The molecule has 0 aliphatic carbocycles. The molecule has 0 saturated carbocycles. The van der Waals surface area contributed by atoms with Crippen LogP contribution in [0.15, 0.2) is 45.3 Å². The number of hydrogen-bond acceptors (Lipinski definition) is 2. The summed E-state index contributed by atoms with van der Waals surface area (Å²) in [6.45, 7) is 4.25. The van der Waals surface area contributed by atoms with Crippen LogP contribution in [0.1, 0.15) is 18.1 Å². The average molecular weight is 413 g/mol. The molecule has 0 aliphatic rings. The lowest BCUT2D eigenvalue weighted by molar-refractivity contribution is 0.409. The number of para-hydroxylation sites is 1. The molecule has 2 aromatic carbocycles.